The maximum absolute atomic E-state index is 10.4. The number of benzene rings is 1. The van der Waals surface area contributed by atoms with Crippen molar-refractivity contribution in [3.63, 3.8) is 0 Å². The normalized spacial score (nSPS) is 10.1. The first-order valence-electron chi connectivity index (χ1n) is 4.95. The van der Waals surface area contributed by atoms with E-state index in [4.69, 9.17) is 14.3 Å². The Kier molecular flexibility index (Phi) is 3.34. The van der Waals surface area contributed by atoms with Gasteiger partial charge in [-0.25, -0.2) is 0 Å². The Hall–Kier alpha value is -2.37. The Balaban J connectivity index is 1.91. The molecular weight excluding hydrogens is 224 g/mol. The van der Waals surface area contributed by atoms with Crippen LogP contribution in [0.4, 0.5) is 0 Å². The Morgan fingerprint density at radius 2 is 1.94 bits per heavy atom. The van der Waals surface area contributed by atoms with E-state index in [-0.39, 0.29) is 24.8 Å². The van der Waals surface area contributed by atoms with Crippen molar-refractivity contribution in [2.75, 3.05) is 0 Å². The van der Waals surface area contributed by atoms with E-state index >= 15 is 0 Å². The Morgan fingerprint density at radius 3 is 2.65 bits per heavy atom. The van der Waals surface area contributed by atoms with Crippen LogP contribution in [0, 0.1) is 0 Å². The zero-order chi connectivity index (χ0) is 12.1. The van der Waals surface area contributed by atoms with Crippen LogP contribution in [-0.4, -0.2) is 21.3 Å². The van der Waals surface area contributed by atoms with E-state index in [2.05, 4.69) is 10.2 Å². The second-order valence-corrected chi connectivity index (χ2v) is 3.26. The predicted octanol–water partition coefficient (Wildman–Crippen LogP) is 1.28. The lowest BCUT2D eigenvalue weighted by molar-refractivity contribution is -0.136. The number of nitrogens with zero attached hydrogens (tertiary/aromatic N) is 2. The van der Waals surface area contributed by atoms with Crippen LogP contribution in [0.3, 0.4) is 0 Å². The smallest absolute Gasteiger partial charge is 0.312 e. The number of para-hydroxylation sites is 1. The van der Waals surface area contributed by atoms with Crippen molar-refractivity contribution in [1.82, 2.24) is 10.2 Å². The Bertz CT molecular complexity index is 495. The highest BCUT2D eigenvalue weighted by Gasteiger charge is 2.09. The van der Waals surface area contributed by atoms with Gasteiger partial charge in [0.1, 0.15) is 12.2 Å². The Morgan fingerprint density at radius 1 is 1.24 bits per heavy atom. The number of hydrogen-bond donors (Lipinski definition) is 1. The molecule has 1 heterocycles. The molecule has 0 fully saturated rings. The summed E-state index contributed by atoms with van der Waals surface area (Å²) in [7, 11) is 0. The van der Waals surface area contributed by atoms with Gasteiger partial charge in [-0.15, -0.1) is 10.2 Å². The Labute approximate surface area is 96.9 Å². The lowest BCUT2D eigenvalue weighted by Crippen LogP contribution is -1.99. The molecule has 0 aliphatic rings. The van der Waals surface area contributed by atoms with E-state index in [1.807, 2.05) is 18.2 Å². The van der Waals surface area contributed by atoms with Crippen LogP contribution < -0.4 is 4.74 Å². The number of carboxylic acid groups (broad SMARTS) is 1. The second-order valence-electron chi connectivity index (χ2n) is 3.26. The zero-order valence-electron chi connectivity index (χ0n) is 8.87. The molecule has 0 spiro atoms. The van der Waals surface area contributed by atoms with E-state index in [1.165, 1.54) is 0 Å². The summed E-state index contributed by atoms with van der Waals surface area (Å²) in [6, 6.07) is 9.17. The first-order valence-corrected chi connectivity index (χ1v) is 4.95. The summed E-state index contributed by atoms with van der Waals surface area (Å²) < 4.78 is 10.5. The van der Waals surface area contributed by atoms with Crippen LogP contribution in [0.25, 0.3) is 0 Å². The molecule has 0 unspecified atom stereocenters. The summed E-state index contributed by atoms with van der Waals surface area (Å²) in [4.78, 5) is 10.4. The van der Waals surface area contributed by atoms with Gasteiger partial charge in [0.25, 0.3) is 5.89 Å². The van der Waals surface area contributed by atoms with Crippen molar-refractivity contribution < 1.29 is 19.1 Å². The van der Waals surface area contributed by atoms with Gasteiger partial charge in [-0.3, -0.25) is 4.79 Å². The highest BCUT2D eigenvalue weighted by Crippen LogP contribution is 2.11. The molecule has 2 rings (SSSR count). The molecule has 6 heteroatoms. The molecule has 1 N–H and O–H groups in total. The van der Waals surface area contributed by atoms with Crippen LogP contribution >= 0.6 is 0 Å². The maximum Gasteiger partial charge on any atom is 0.312 e. The molecule has 1 aromatic heterocycles. The third-order valence-electron chi connectivity index (χ3n) is 1.92. The van der Waals surface area contributed by atoms with Gasteiger partial charge in [0.15, 0.2) is 6.61 Å². The fraction of sp³-hybridized carbons (Fsp3) is 0.182. The van der Waals surface area contributed by atoms with Gasteiger partial charge < -0.3 is 14.3 Å². The minimum Gasteiger partial charge on any atom is -0.484 e. The van der Waals surface area contributed by atoms with Crippen LogP contribution in [0.1, 0.15) is 11.8 Å². The fourth-order valence-electron chi connectivity index (χ4n) is 1.21. The summed E-state index contributed by atoms with van der Waals surface area (Å²) in [5.74, 6) is 0.00364. The van der Waals surface area contributed by atoms with Crippen LogP contribution in [0.2, 0.25) is 0 Å². The van der Waals surface area contributed by atoms with Gasteiger partial charge in [0.2, 0.25) is 5.89 Å². The molecule has 0 saturated heterocycles. The average molecular weight is 234 g/mol. The second kappa shape index (κ2) is 5.11. The van der Waals surface area contributed by atoms with Crippen molar-refractivity contribution in [3.05, 3.63) is 42.1 Å². The fourth-order valence-corrected chi connectivity index (χ4v) is 1.21. The molecule has 0 aliphatic heterocycles. The topological polar surface area (TPSA) is 85.5 Å². The number of carbonyl (C=O) groups is 1. The number of aromatic nitrogens is 2. The molecule has 2 aromatic rings. The van der Waals surface area contributed by atoms with Gasteiger partial charge in [0, 0.05) is 0 Å². The van der Waals surface area contributed by atoms with Crippen molar-refractivity contribution in [2.24, 2.45) is 0 Å². The summed E-state index contributed by atoms with van der Waals surface area (Å²) in [6.07, 6.45) is -0.279. The molecule has 0 atom stereocenters. The molecule has 1 aromatic carbocycles. The van der Waals surface area contributed by atoms with Gasteiger partial charge in [-0.05, 0) is 12.1 Å². The van der Waals surface area contributed by atoms with Crippen molar-refractivity contribution >= 4 is 5.97 Å². The predicted molar refractivity (Wildman–Crippen MR) is 56.4 cm³/mol. The van der Waals surface area contributed by atoms with E-state index < -0.39 is 5.97 Å². The van der Waals surface area contributed by atoms with Crippen molar-refractivity contribution in [3.8, 4) is 5.75 Å². The summed E-state index contributed by atoms with van der Waals surface area (Å²) in [5.41, 5.74) is 0. The van der Waals surface area contributed by atoms with Crippen molar-refractivity contribution in [1.29, 1.82) is 0 Å². The summed E-state index contributed by atoms with van der Waals surface area (Å²) >= 11 is 0. The molecule has 0 amide bonds. The third kappa shape index (κ3) is 3.30. The molecular formula is C11H10N2O4. The molecule has 6 nitrogen and oxygen atoms in total. The molecule has 17 heavy (non-hydrogen) atoms. The van der Waals surface area contributed by atoms with Crippen LogP contribution in [-0.2, 0) is 17.8 Å². The number of rotatable bonds is 5. The molecule has 88 valence electrons. The summed E-state index contributed by atoms with van der Waals surface area (Å²) in [6.45, 7) is 0.122. The monoisotopic (exact) mass is 234 g/mol. The van der Waals surface area contributed by atoms with E-state index in [0.717, 1.165) is 0 Å². The first kappa shape index (κ1) is 11.1. The highest BCUT2D eigenvalue weighted by atomic mass is 16.5. The number of carboxylic acids is 1. The molecule has 0 bridgehead atoms. The SMILES string of the molecule is O=C(O)Cc1nnc(COc2ccccc2)o1. The van der Waals surface area contributed by atoms with E-state index in [0.29, 0.717) is 5.75 Å². The van der Waals surface area contributed by atoms with E-state index in [9.17, 15) is 4.79 Å². The van der Waals surface area contributed by atoms with E-state index in [1.54, 1.807) is 12.1 Å². The third-order valence-corrected chi connectivity index (χ3v) is 1.92. The minimum atomic E-state index is -1.01. The quantitative estimate of drug-likeness (QED) is 0.838. The minimum absolute atomic E-state index is 0.0733. The molecule has 0 aliphatic carbocycles. The van der Waals surface area contributed by atoms with Gasteiger partial charge in [-0.2, -0.15) is 0 Å². The van der Waals surface area contributed by atoms with Gasteiger partial charge in [-0.1, -0.05) is 18.2 Å². The average Bonchev–Trinajstić information content (AvgIpc) is 2.75. The molecule has 0 radical (unpaired) electrons. The van der Waals surface area contributed by atoms with Crippen LogP contribution in [0.15, 0.2) is 34.7 Å². The van der Waals surface area contributed by atoms with Gasteiger partial charge in [0.05, 0.1) is 0 Å². The molecule has 0 saturated carbocycles. The maximum atomic E-state index is 10.4. The van der Waals surface area contributed by atoms with Crippen molar-refractivity contribution in [2.45, 2.75) is 13.0 Å². The largest absolute Gasteiger partial charge is 0.484 e. The van der Waals surface area contributed by atoms with Gasteiger partial charge >= 0.3 is 5.97 Å². The standard InChI is InChI=1S/C11H10N2O4/c14-11(15)6-9-12-13-10(17-9)7-16-8-4-2-1-3-5-8/h1-5H,6-7H2,(H,14,15). The zero-order valence-corrected chi connectivity index (χ0v) is 8.87. The summed E-state index contributed by atoms with van der Waals surface area (Å²) in [5, 5.41) is 15.8. The number of ether oxygens (including phenoxy) is 1. The highest BCUT2D eigenvalue weighted by molar-refractivity contribution is 5.68. The lowest BCUT2D eigenvalue weighted by atomic mass is 10.3. The van der Waals surface area contributed by atoms with Crippen LogP contribution in [0.5, 0.6) is 5.75 Å². The number of hydrogen-bond acceptors (Lipinski definition) is 5. The lowest BCUT2D eigenvalue weighted by Gasteiger charge is -2.01. The number of aliphatic carboxylic acids is 1. The first-order chi connectivity index (χ1) is 8.24.